The number of carbonyl (C=O) groups excluding carboxylic acids is 1. The van der Waals surface area contributed by atoms with Gasteiger partial charge in [-0.3, -0.25) is 14.4 Å². The van der Waals surface area contributed by atoms with Crippen LogP contribution < -0.4 is 0 Å². The largest absolute Gasteiger partial charge is 0.469 e. The number of nitrogens with zero attached hydrogens (tertiary/aromatic N) is 4. The lowest BCUT2D eigenvalue weighted by molar-refractivity contribution is -0.140. The summed E-state index contributed by atoms with van der Waals surface area (Å²) >= 11 is 11.6. The van der Waals surface area contributed by atoms with Crippen molar-refractivity contribution in [2.24, 2.45) is 4.99 Å². The average Bonchev–Trinajstić information content (AvgIpc) is 3.13. The summed E-state index contributed by atoms with van der Waals surface area (Å²) in [6.45, 7) is 0. The van der Waals surface area contributed by atoms with Crippen LogP contribution in [-0.4, -0.2) is 39.8 Å². The van der Waals surface area contributed by atoms with Gasteiger partial charge in [0.15, 0.2) is 11.0 Å². The molecular weight excluding hydrogens is 488 g/mol. The summed E-state index contributed by atoms with van der Waals surface area (Å²) in [5, 5.41) is 10.1. The molecule has 3 aromatic rings. The first kappa shape index (κ1) is 21.1. The number of aliphatic imine (C=N–C) groups is 1. The molecule has 0 unspecified atom stereocenters. The van der Waals surface area contributed by atoms with Crippen molar-refractivity contribution in [1.82, 2.24) is 14.8 Å². The van der Waals surface area contributed by atoms with E-state index in [1.165, 1.54) is 18.9 Å². The second-order valence-electron chi connectivity index (χ2n) is 6.63. The van der Waals surface area contributed by atoms with Gasteiger partial charge in [-0.1, -0.05) is 57.5 Å². The highest BCUT2D eigenvalue weighted by Gasteiger charge is 2.30. The molecule has 0 aliphatic carbocycles. The van der Waals surface area contributed by atoms with E-state index < -0.39 is 0 Å². The lowest BCUT2D eigenvalue weighted by atomic mass is 10.00. The van der Waals surface area contributed by atoms with Gasteiger partial charge in [0, 0.05) is 27.0 Å². The summed E-state index contributed by atoms with van der Waals surface area (Å²) in [6, 6.07) is 13.3. The fourth-order valence-corrected chi connectivity index (χ4v) is 4.53. The SMILES string of the molecule is COC(=O)CC[C@@H]1N=C(c2ccccc2Cl)c2cc(Br)ccc2-n2c(SC)nnc21. The van der Waals surface area contributed by atoms with Crippen LogP contribution in [0, 0.1) is 0 Å². The monoisotopic (exact) mass is 504 g/mol. The maximum absolute atomic E-state index is 11.8. The van der Waals surface area contributed by atoms with Gasteiger partial charge in [-0.15, -0.1) is 10.2 Å². The molecule has 9 heteroatoms. The van der Waals surface area contributed by atoms with E-state index in [0.29, 0.717) is 17.3 Å². The van der Waals surface area contributed by atoms with E-state index in [9.17, 15) is 4.79 Å². The third-order valence-corrected chi connectivity index (χ3v) is 6.31. The lowest BCUT2D eigenvalue weighted by Crippen LogP contribution is -2.09. The summed E-state index contributed by atoms with van der Waals surface area (Å²) in [7, 11) is 1.38. The molecule has 30 heavy (non-hydrogen) atoms. The first-order valence-electron chi connectivity index (χ1n) is 9.22. The van der Waals surface area contributed by atoms with Crippen LogP contribution in [0.3, 0.4) is 0 Å². The van der Waals surface area contributed by atoms with Crippen molar-refractivity contribution < 1.29 is 9.53 Å². The standard InChI is InChI=1S/C21H18BrClN4O2S/c1-29-18(28)10-8-16-20-25-26-21(30-2)27(20)17-9-7-12(22)11-14(17)19(24-16)13-5-3-4-6-15(13)23/h3-7,9,11,16H,8,10H2,1-2H3/t16-/m0/s1. The fraction of sp³-hybridized carbons (Fsp3) is 0.238. The Morgan fingerprint density at radius 2 is 2.03 bits per heavy atom. The van der Waals surface area contributed by atoms with E-state index >= 15 is 0 Å². The van der Waals surface area contributed by atoms with Crippen molar-refractivity contribution in [3.05, 3.63) is 68.9 Å². The molecule has 2 heterocycles. The number of rotatable bonds is 5. The van der Waals surface area contributed by atoms with E-state index in [-0.39, 0.29) is 18.4 Å². The first-order chi connectivity index (χ1) is 14.5. The van der Waals surface area contributed by atoms with Crippen LogP contribution in [0.2, 0.25) is 5.02 Å². The zero-order valence-electron chi connectivity index (χ0n) is 16.3. The minimum absolute atomic E-state index is 0.224. The zero-order chi connectivity index (χ0) is 21.3. The maximum atomic E-state index is 11.8. The van der Waals surface area contributed by atoms with Crippen LogP contribution in [0.25, 0.3) is 5.69 Å². The van der Waals surface area contributed by atoms with E-state index in [0.717, 1.165) is 32.2 Å². The Morgan fingerprint density at radius 3 is 2.77 bits per heavy atom. The van der Waals surface area contributed by atoms with E-state index in [2.05, 4.69) is 26.1 Å². The Kier molecular flexibility index (Phi) is 6.26. The molecule has 1 atom stereocenters. The van der Waals surface area contributed by atoms with Gasteiger partial charge in [0.2, 0.25) is 0 Å². The molecule has 0 saturated carbocycles. The third kappa shape index (κ3) is 3.91. The van der Waals surface area contributed by atoms with Crippen molar-refractivity contribution in [3.63, 3.8) is 0 Å². The molecule has 1 aliphatic rings. The molecule has 1 aliphatic heterocycles. The lowest BCUT2D eigenvalue weighted by Gasteiger charge is -2.14. The van der Waals surface area contributed by atoms with Crippen LogP contribution in [0.15, 0.2) is 57.1 Å². The molecule has 4 rings (SSSR count). The fourth-order valence-electron chi connectivity index (χ4n) is 3.45. The number of benzene rings is 2. The normalized spacial score (nSPS) is 15.1. The Hall–Kier alpha value is -2.16. The van der Waals surface area contributed by atoms with Crippen LogP contribution in [-0.2, 0) is 9.53 Å². The summed E-state index contributed by atoms with van der Waals surface area (Å²) in [5.74, 6) is 0.402. The number of carbonyl (C=O) groups is 1. The number of thioether (sulfide) groups is 1. The summed E-state index contributed by atoms with van der Waals surface area (Å²) in [6.07, 6.45) is 2.63. The molecule has 0 spiro atoms. The van der Waals surface area contributed by atoms with Gasteiger partial charge in [-0.2, -0.15) is 0 Å². The predicted molar refractivity (Wildman–Crippen MR) is 122 cm³/mol. The van der Waals surface area contributed by atoms with Crippen molar-refractivity contribution >= 4 is 51.0 Å². The number of fused-ring (bicyclic) bond motifs is 3. The maximum Gasteiger partial charge on any atom is 0.305 e. The van der Waals surface area contributed by atoms with Crippen molar-refractivity contribution in [1.29, 1.82) is 0 Å². The predicted octanol–water partition coefficient (Wildman–Crippen LogP) is 5.25. The number of hydrogen-bond acceptors (Lipinski definition) is 6. The van der Waals surface area contributed by atoms with E-state index in [1.807, 2.05) is 53.3 Å². The van der Waals surface area contributed by atoms with Gasteiger partial charge in [0.05, 0.1) is 18.5 Å². The number of esters is 1. The number of aromatic nitrogens is 3. The molecule has 0 fully saturated rings. The molecular formula is C21H18BrClN4O2S. The smallest absolute Gasteiger partial charge is 0.305 e. The first-order valence-corrected chi connectivity index (χ1v) is 11.6. The number of ether oxygens (including phenoxy) is 1. The minimum Gasteiger partial charge on any atom is -0.469 e. The van der Waals surface area contributed by atoms with Gasteiger partial charge < -0.3 is 4.74 Å². The third-order valence-electron chi connectivity index (χ3n) is 4.86. The van der Waals surface area contributed by atoms with Crippen molar-refractivity contribution in [3.8, 4) is 5.69 Å². The van der Waals surface area contributed by atoms with Gasteiger partial charge in [-0.05, 0) is 36.9 Å². The molecule has 0 saturated heterocycles. The average molecular weight is 506 g/mol. The van der Waals surface area contributed by atoms with E-state index in [4.69, 9.17) is 21.3 Å². The topological polar surface area (TPSA) is 69.4 Å². The molecule has 2 aromatic carbocycles. The van der Waals surface area contributed by atoms with Crippen LogP contribution in [0.5, 0.6) is 0 Å². The summed E-state index contributed by atoms with van der Waals surface area (Å²) in [5.41, 5.74) is 3.41. The number of halogens is 2. The molecule has 0 N–H and O–H groups in total. The van der Waals surface area contributed by atoms with Gasteiger partial charge in [0.1, 0.15) is 6.04 Å². The highest BCUT2D eigenvalue weighted by Crippen LogP contribution is 2.37. The second-order valence-corrected chi connectivity index (χ2v) is 8.73. The zero-order valence-corrected chi connectivity index (χ0v) is 19.5. The van der Waals surface area contributed by atoms with Crippen LogP contribution >= 0.6 is 39.3 Å². The minimum atomic E-state index is -0.380. The van der Waals surface area contributed by atoms with Gasteiger partial charge >= 0.3 is 5.97 Å². The highest BCUT2D eigenvalue weighted by molar-refractivity contribution is 9.10. The van der Waals surface area contributed by atoms with Crippen molar-refractivity contribution in [2.75, 3.05) is 13.4 Å². The Morgan fingerprint density at radius 1 is 1.23 bits per heavy atom. The number of methoxy groups -OCH3 is 1. The molecule has 0 radical (unpaired) electrons. The second kappa shape index (κ2) is 8.91. The molecule has 0 amide bonds. The van der Waals surface area contributed by atoms with Crippen molar-refractivity contribution in [2.45, 2.75) is 24.0 Å². The van der Waals surface area contributed by atoms with Gasteiger partial charge in [0.25, 0.3) is 0 Å². The quantitative estimate of drug-likeness (QED) is 0.350. The highest BCUT2D eigenvalue weighted by atomic mass is 79.9. The van der Waals surface area contributed by atoms with Crippen LogP contribution in [0.4, 0.5) is 0 Å². The Labute approximate surface area is 191 Å². The Bertz CT molecular complexity index is 1150. The summed E-state index contributed by atoms with van der Waals surface area (Å²) < 4.78 is 7.77. The molecule has 0 bridgehead atoms. The number of hydrogen-bond donors (Lipinski definition) is 0. The van der Waals surface area contributed by atoms with Gasteiger partial charge in [-0.25, -0.2) is 0 Å². The molecule has 154 valence electrons. The summed E-state index contributed by atoms with van der Waals surface area (Å²) in [4.78, 5) is 16.9. The molecule has 6 nitrogen and oxygen atoms in total. The Balaban J connectivity index is 1.97. The molecule has 1 aromatic heterocycles. The van der Waals surface area contributed by atoms with Crippen LogP contribution in [0.1, 0.15) is 35.8 Å². The van der Waals surface area contributed by atoms with E-state index in [1.54, 1.807) is 0 Å².